The predicted molar refractivity (Wildman–Crippen MR) is 82.1 cm³/mol. The van der Waals surface area contributed by atoms with Crippen molar-refractivity contribution in [3.8, 4) is 0 Å². The van der Waals surface area contributed by atoms with Gasteiger partial charge in [-0.25, -0.2) is 0 Å². The van der Waals surface area contributed by atoms with Crippen molar-refractivity contribution >= 4 is 11.8 Å². The molecule has 1 saturated carbocycles. The van der Waals surface area contributed by atoms with Crippen molar-refractivity contribution < 1.29 is 0 Å². The topological polar surface area (TPSA) is 29.3 Å². The molecule has 1 aliphatic carbocycles. The molecule has 2 N–H and O–H groups in total. The molecule has 2 aliphatic rings. The second kappa shape index (κ2) is 6.15. The highest BCUT2D eigenvalue weighted by molar-refractivity contribution is 7.99. The number of hydrogen-bond donors (Lipinski definition) is 1. The number of nitrogens with two attached hydrogens (primary N) is 1. The quantitative estimate of drug-likeness (QED) is 0.851. The van der Waals surface area contributed by atoms with E-state index in [0.29, 0.717) is 5.54 Å². The van der Waals surface area contributed by atoms with Gasteiger partial charge in [0.2, 0.25) is 0 Å². The van der Waals surface area contributed by atoms with Gasteiger partial charge in [-0.1, -0.05) is 26.7 Å². The fourth-order valence-electron chi connectivity index (χ4n) is 3.82. The molecule has 2 rings (SSSR count). The number of rotatable bonds is 4. The average molecular weight is 270 g/mol. The summed E-state index contributed by atoms with van der Waals surface area (Å²) in [7, 11) is 2.34. The molecule has 0 bridgehead atoms. The highest BCUT2D eigenvalue weighted by Gasteiger charge is 2.42. The lowest BCUT2D eigenvalue weighted by Gasteiger charge is -2.49. The van der Waals surface area contributed by atoms with E-state index in [9.17, 15) is 0 Å². The lowest BCUT2D eigenvalue weighted by molar-refractivity contribution is 0.0217. The van der Waals surface area contributed by atoms with Crippen molar-refractivity contribution in [2.24, 2.45) is 17.6 Å². The minimum Gasteiger partial charge on any atom is -0.329 e. The highest BCUT2D eigenvalue weighted by atomic mass is 32.2. The van der Waals surface area contributed by atoms with Gasteiger partial charge in [0, 0.05) is 23.9 Å². The first-order valence-electron chi connectivity index (χ1n) is 7.60. The van der Waals surface area contributed by atoms with E-state index >= 15 is 0 Å². The number of nitrogens with zero attached hydrogens (tertiary/aromatic N) is 1. The van der Waals surface area contributed by atoms with Crippen molar-refractivity contribution in [1.82, 2.24) is 4.90 Å². The van der Waals surface area contributed by atoms with Crippen molar-refractivity contribution in [3.05, 3.63) is 0 Å². The Labute approximate surface area is 117 Å². The third-order valence-electron chi connectivity index (χ3n) is 5.38. The fraction of sp³-hybridized carbons (Fsp3) is 1.00. The average Bonchev–Trinajstić information content (AvgIpc) is 2.91. The third-order valence-corrected chi connectivity index (χ3v) is 6.53. The molecule has 0 aromatic rings. The van der Waals surface area contributed by atoms with Gasteiger partial charge in [0.05, 0.1) is 0 Å². The van der Waals surface area contributed by atoms with Gasteiger partial charge in [0.15, 0.2) is 0 Å². The van der Waals surface area contributed by atoms with E-state index in [2.05, 4.69) is 37.6 Å². The van der Waals surface area contributed by atoms with E-state index in [1.807, 2.05) is 0 Å². The molecule has 3 atom stereocenters. The van der Waals surface area contributed by atoms with Crippen LogP contribution in [0.2, 0.25) is 0 Å². The van der Waals surface area contributed by atoms with Gasteiger partial charge in [0.1, 0.15) is 0 Å². The Hall–Kier alpha value is 0.270. The Bertz CT molecular complexity index is 263. The summed E-state index contributed by atoms with van der Waals surface area (Å²) in [4.78, 5) is 2.67. The number of hydrogen-bond acceptors (Lipinski definition) is 3. The van der Waals surface area contributed by atoms with Crippen LogP contribution < -0.4 is 5.73 Å². The van der Waals surface area contributed by atoms with Crippen molar-refractivity contribution in [2.75, 3.05) is 25.1 Å². The van der Waals surface area contributed by atoms with Crippen LogP contribution in [0, 0.1) is 11.8 Å². The van der Waals surface area contributed by atoms with Gasteiger partial charge in [-0.15, -0.1) is 0 Å². The lowest BCUT2D eigenvalue weighted by Crippen LogP contribution is -2.58. The van der Waals surface area contributed by atoms with Crippen LogP contribution >= 0.6 is 11.8 Å². The zero-order chi connectivity index (χ0) is 13.2. The van der Waals surface area contributed by atoms with Gasteiger partial charge in [-0.3, -0.25) is 4.90 Å². The van der Waals surface area contributed by atoms with Crippen molar-refractivity contribution in [3.63, 3.8) is 0 Å². The number of thioether (sulfide) groups is 1. The largest absolute Gasteiger partial charge is 0.329 e. The molecule has 18 heavy (non-hydrogen) atoms. The second-order valence-corrected chi connectivity index (χ2v) is 7.81. The summed E-state index contributed by atoms with van der Waals surface area (Å²) in [5.74, 6) is 4.33. The predicted octanol–water partition coefficient (Wildman–Crippen LogP) is 2.97. The Balaban J connectivity index is 2.08. The Morgan fingerprint density at radius 3 is 2.72 bits per heavy atom. The van der Waals surface area contributed by atoms with Crippen molar-refractivity contribution in [1.29, 1.82) is 0 Å². The molecule has 0 spiro atoms. The van der Waals surface area contributed by atoms with Crippen LogP contribution in [-0.4, -0.2) is 41.6 Å². The fourth-order valence-corrected chi connectivity index (χ4v) is 5.09. The molecule has 3 unspecified atom stereocenters. The molecule has 0 radical (unpaired) electrons. The summed E-state index contributed by atoms with van der Waals surface area (Å²) in [6, 6.07) is 0.768. The normalized spacial score (nSPS) is 37.7. The highest BCUT2D eigenvalue weighted by Crippen LogP contribution is 2.41. The molecular weight excluding hydrogens is 240 g/mol. The summed E-state index contributed by atoms with van der Waals surface area (Å²) in [6.07, 6.45) is 6.76. The Morgan fingerprint density at radius 2 is 2.17 bits per heavy atom. The van der Waals surface area contributed by atoms with Crippen molar-refractivity contribution in [2.45, 2.75) is 57.5 Å². The van der Waals surface area contributed by atoms with Gasteiger partial charge < -0.3 is 5.73 Å². The molecule has 0 aromatic carbocycles. The van der Waals surface area contributed by atoms with E-state index in [0.717, 1.165) is 24.4 Å². The molecular formula is C15H30N2S. The van der Waals surface area contributed by atoms with E-state index in [1.54, 1.807) is 0 Å². The summed E-state index contributed by atoms with van der Waals surface area (Å²) < 4.78 is 0. The van der Waals surface area contributed by atoms with Gasteiger partial charge in [0.25, 0.3) is 0 Å². The first-order chi connectivity index (χ1) is 8.59. The minimum absolute atomic E-state index is 0.294. The molecule has 2 fully saturated rings. The standard InChI is InChI=1S/C15H30N2S/c1-12(2)13-5-4-7-15(9-13,11-16)17(3)14-6-8-18-10-14/h12-14H,4-11,16H2,1-3H3. The number of likely N-dealkylation sites (N-methyl/N-ethyl adjacent to an activating group) is 1. The molecule has 3 heteroatoms. The molecule has 0 aromatic heterocycles. The third kappa shape index (κ3) is 2.88. The molecule has 1 aliphatic heterocycles. The van der Waals surface area contributed by atoms with Crippen LogP contribution in [0.5, 0.6) is 0 Å². The van der Waals surface area contributed by atoms with Gasteiger partial charge in [-0.05, 0) is 43.9 Å². The van der Waals surface area contributed by atoms with Crippen LogP contribution in [0.25, 0.3) is 0 Å². The maximum absolute atomic E-state index is 6.22. The second-order valence-electron chi connectivity index (χ2n) is 6.66. The molecule has 1 saturated heterocycles. The summed E-state index contributed by atoms with van der Waals surface area (Å²) in [5.41, 5.74) is 6.52. The summed E-state index contributed by atoms with van der Waals surface area (Å²) in [6.45, 7) is 5.60. The SMILES string of the molecule is CC(C)C1CCCC(CN)(N(C)C2CCSC2)C1. The van der Waals surface area contributed by atoms with E-state index in [1.165, 1.54) is 43.6 Å². The van der Waals surface area contributed by atoms with E-state index in [-0.39, 0.29) is 0 Å². The first-order valence-corrected chi connectivity index (χ1v) is 8.75. The zero-order valence-corrected chi connectivity index (χ0v) is 13.1. The summed E-state index contributed by atoms with van der Waals surface area (Å²) in [5, 5.41) is 0. The molecule has 0 amide bonds. The first kappa shape index (κ1) is 14.7. The van der Waals surface area contributed by atoms with Crippen LogP contribution in [0.1, 0.15) is 46.0 Å². The van der Waals surface area contributed by atoms with Gasteiger partial charge >= 0.3 is 0 Å². The van der Waals surface area contributed by atoms with Gasteiger partial charge in [-0.2, -0.15) is 11.8 Å². The maximum Gasteiger partial charge on any atom is 0.0334 e. The summed E-state index contributed by atoms with van der Waals surface area (Å²) >= 11 is 2.11. The van der Waals surface area contributed by atoms with E-state index in [4.69, 9.17) is 5.73 Å². The molecule has 2 nitrogen and oxygen atoms in total. The zero-order valence-electron chi connectivity index (χ0n) is 12.3. The molecule has 106 valence electrons. The monoisotopic (exact) mass is 270 g/mol. The van der Waals surface area contributed by atoms with Crippen LogP contribution in [-0.2, 0) is 0 Å². The maximum atomic E-state index is 6.22. The van der Waals surface area contributed by atoms with Crippen LogP contribution in [0.4, 0.5) is 0 Å². The van der Waals surface area contributed by atoms with Crippen LogP contribution in [0.3, 0.4) is 0 Å². The molecule has 1 heterocycles. The lowest BCUT2D eigenvalue weighted by atomic mass is 9.70. The smallest absolute Gasteiger partial charge is 0.0334 e. The Kier molecular flexibility index (Phi) is 5.01. The van der Waals surface area contributed by atoms with Crippen LogP contribution in [0.15, 0.2) is 0 Å². The van der Waals surface area contributed by atoms with E-state index < -0.39 is 0 Å². The Morgan fingerprint density at radius 1 is 1.39 bits per heavy atom. The minimum atomic E-state index is 0.294.